The van der Waals surface area contributed by atoms with Crippen LogP contribution in [0, 0.1) is 9.39 Å². The first kappa shape index (κ1) is 19.0. The molecule has 0 unspecified atom stereocenters. The van der Waals surface area contributed by atoms with E-state index in [1.807, 2.05) is 22.6 Å². The van der Waals surface area contributed by atoms with Gasteiger partial charge in [0.1, 0.15) is 16.9 Å². The van der Waals surface area contributed by atoms with E-state index < -0.39 is 26.8 Å². The van der Waals surface area contributed by atoms with Crippen LogP contribution in [0.2, 0.25) is 5.02 Å². The molecule has 0 amide bonds. The zero-order chi connectivity index (χ0) is 20.7. The molecule has 0 atom stereocenters. The van der Waals surface area contributed by atoms with Gasteiger partial charge in [0.05, 0.1) is 22.3 Å². The van der Waals surface area contributed by atoms with E-state index in [1.165, 1.54) is 18.5 Å². The Morgan fingerprint density at radius 1 is 1.28 bits per heavy atom. The van der Waals surface area contributed by atoms with Gasteiger partial charge in [-0.25, -0.2) is 27.6 Å². The summed E-state index contributed by atoms with van der Waals surface area (Å²) in [5, 5.41) is -0.631. The van der Waals surface area contributed by atoms with Gasteiger partial charge in [0.25, 0.3) is 0 Å². The lowest BCUT2D eigenvalue weighted by Crippen LogP contribution is -2.31. The smallest absolute Gasteiger partial charge is 0.318 e. The molecule has 1 aromatic carbocycles. The van der Waals surface area contributed by atoms with Crippen LogP contribution in [0.5, 0.6) is 0 Å². The van der Waals surface area contributed by atoms with Crippen LogP contribution < -0.4 is 5.69 Å². The van der Waals surface area contributed by atoms with Crippen molar-refractivity contribution in [3.05, 3.63) is 49.4 Å². The average molecular weight is 548 g/mol. The normalized spacial score (nSPS) is 14.9. The fraction of sp³-hybridized carbons (Fsp3) is 0.235. The van der Waals surface area contributed by atoms with Gasteiger partial charge in [-0.05, 0) is 53.6 Å². The molecule has 0 aliphatic heterocycles. The number of rotatable bonds is 3. The summed E-state index contributed by atoms with van der Waals surface area (Å²) in [6, 6.07) is 4.27. The minimum atomic E-state index is -4.00. The van der Waals surface area contributed by atoms with Gasteiger partial charge >= 0.3 is 5.69 Å². The second-order valence-electron chi connectivity index (χ2n) is 6.85. The third-order valence-electron chi connectivity index (χ3n) is 4.88. The first-order chi connectivity index (χ1) is 13.7. The van der Waals surface area contributed by atoms with Crippen molar-refractivity contribution in [2.45, 2.75) is 18.1 Å². The zero-order valence-corrected chi connectivity index (χ0v) is 18.5. The molecular weight excluding hydrogens is 536 g/mol. The highest BCUT2D eigenvalue weighted by Gasteiger charge is 2.41. The second-order valence-corrected chi connectivity index (χ2v) is 10.5. The molecule has 150 valence electrons. The lowest BCUT2D eigenvalue weighted by Gasteiger charge is -2.06. The summed E-state index contributed by atoms with van der Waals surface area (Å²) >= 11 is 8.49. The maximum atomic E-state index is 14.8. The fourth-order valence-electron chi connectivity index (χ4n) is 3.32. The number of imidazole rings is 2. The van der Waals surface area contributed by atoms with Crippen LogP contribution >= 0.6 is 34.2 Å². The summed E-state index contributed by atoms with van der Waals surface area (Å²) in [4.78, 5) is 21.9. The van der Waals surface area contributed by atoms with Gasteiger partial charge in [0, 0.05) is 10.6 Å². The van der Waals surface area contributed by atoms with Crippen molar-refractivity contribution in [2.75, 3.05) is 0 Å². The molecule has 1 fully saturated rings. The molecule has 1 saturated carbocycles. The molecule has 1 aliphatic carbocycles. The minimum Gasteiger partial charge on any atom is -0.318 e. The number of aryl methyl sites for hydroxylation is 1. The van der Waals surface area contributed by atoms with E-state index in [0.29, 0.717) is 31.5 Å². The monoisotopic (exact) mass is 547 g/mol. The van der Waals surface area contributed by atoms with Crippen LogP contribution in [-0.2, 0) is 17.1 Å². The molecule has 1 aliphatic rings. The van der Waals surface area contributed by atoms with Gasteiger partial charge in [0.2, 0.25) is 10.0 Å². The van der Waals surface area contributed by atoms with Crippen LogP contribution in [0.25, 0.3) is 28.0 Å². The zero-order valence-electron chi connectivity index (χ0n) is 14.8. The highest BCUT2D eigenvalue weighted by atomic mass is 127. The van der Waals surface area contributed by atoms with Crippen LogP contribution in [0.15, 0.2) is 29.3 Å². The molecule has 12 heteroatoms. The third-order valence-corrected chi connectivity index (χ3v) is 8.06. The maximum Gasteiger partial charge on any atom is 0.349 e. The Balaban J connectivity index is 2.01. The molecule has 0 spiro atoms. The SMILES string of the molecule is Cn1cnc2c(Cl)c3c(nc21)n(S(=O)(=O)C1CC1)c(=O)n3-c1ccc(I)cc1F. The Kier molecular flexibility index (Phi) is 4.10. The van der Waals surface area contributed by atoms with Crippen molar-refractivity contribution < 1.29 is 12.8 Å². The molecule has 8 nitrogen and oxygen atoms in total. The van der Waals surface area contributed by atoms with Gasteiger partial charge in [-0.1, -0.05) is 11.6 Å². The van der Waals surface area contributed by atoms with E-state index in [4.69, 9.17) is 11.6 Å². The average Bonchev–Trinajstić information content (AvgIpc) is 3.39. The van der Waals surface area contributed by atoms with E-state index in [2.05, 4.69) is 9.97 Å². The lowest BCUT2D eigenvalue weighted by atomic mass is 10.3. The Bertz CT molecular complexity index is 1500. The van der Waals surface area contributed by atoms with E-state index in [-0.39, 0.29) is 21.9 Å². The maximum absolute atomic E-state index is 14.8. The predicted octanol–water partition coefficient (Wildman–Crippen LogP) is 2.81. The van der Waals surface area contributed by atoms with Crippen molar-refractivity contribution >= 4 is 66.5 Å². The van der Waals surface area contributed by atoms with Gasteiger partial charge < -0.3 is 4.57 Å². The van der Waals surface area contributed by atoms with E-state index in [1.54, 1.807) is 17.7 Å². The molecule has 0 N–H and O–H groups in total. The summed E-state index contributed by atoms with van der Waals surface area (Å²) < 4.78 is 44.6. The Labute approximate surface area is 182 Å². The van der Waals surface area contributed by atoms with Gasteiger partial charge in [-0.3, -0.25) is 4.57 Å². The number of hydrogen-bond acceptors (Lipinski definition) is 5. The Morgan fingerprint density at radius 3 is 2.66 bits per heavy atom. The molecule has 29 heavy (non-hydrogen) atoms. The largest absolute Gasteiger partial charge is 0.349 e. The van der Waals surface area contributed by atoms with Crippen LogP contribution in [0.3, 0.4) is 0 Å². The van der Waals surface area contributed by atoms with Gasteiger partial charge in [-0.2, -0.15) is 3.97 Å². The number of halogens is 3. The van der Waals surface area contributed by atoms with E-state index in [9.17, 15) is 17.6 Å². The molecule has 4 aromatic rings. The summed E-state index contributed by atoms with van der Waals surface area (Å²) in [5.41, 5.74) is -0.557. The molecule has 0 radical (unpaired) electrons. The van der Waals surface area contributed by atoms with E-state index in [0.717, 1.165) is 4.57 Å². The summed E-state index contributed by atoms with van der Waals surface area (Å²) in [6.07, 6.45) is 2.40. The summed E-state index contributed by atoms with van der Waals surface area (Å²) in [6.45, 7) is 0. The van der Waals surface area contributed by atoms with Crippen LogP contribution in [0.4, 0.5) is 4.39 Å². The number of benzene rings is 1. The number of nitrogens with zero attached hydrogens (tertiary/aromatic N) is 5. The van der Waals surface area contributed by atoms with Crippen LogP contribution in [-0.4, -0.2) is 36.7 Å². The van der Waals surface area contributed by atoms with Crippen molar-refractivity contribution in [3.8, 4) is 5.69 Å². The minimum absolute atomic E-state index is 0.00667. The summed E-state index contributed by atoms with van der Waals surface area (Å²) in [5.74, 6) is -0.681. The Morgan fingerprint density at radius 2 is 2.00 bits per heavy atom. The fourth-order valence-corrected chi connectivity index (χ4v) is 5.77. The molecular formula is C17H12ClFIN5O3S. The number of pyridine rings is 1. The predicted molar refractivity (Wildman–Crippen MR) is 115 cm³/mol. The second kappa shape index (κ2) is 6.25. The topological polar surface area (TPSA) is 91.8 Å². The van der Waals surface area contributed by atoms with Crippen molar-refractivity contribution in [1.29, 1.82) is 0 Å². The quantitative estimate of drug-likeness (QED) is 0.368. The highest BCUT2D eigenvalue weighted by molar-refractivity contribution is 14.1. The van der Waals surface area contributed by atoms with Crippen molar-refractivity contribution in [3.63, 3.8) is 0 Å². The van der Waals surface area contributed by atoms with Gasteiger partial charge in [0.15, 0.2) is 11.3 Å². The van der Waals surface area contributed by atoms with E-state index >= 15 is 0 Å². The number of aromatic nitrogens is 5. The molecule has 3 heterocycles. The number of hydrogen-bond donors (Lipinski definition) is 0. The number of fused-ring (bicyclic) bond motifs is 2. The molecule has 0 bridgehead atoms. The third kappa shape index (κ3) is 2.66. The highest BCUT2D eigenvalue weighted by Crippen LogP contribution is 2.35. The molecule has 5 rings (SSSR count). The molecule has 0 saturated heterocycles. The molecule has 3 aromatic heterocycles. The first-order valence-electron chi connectivity index (χ1n) is 8.55. The van der Waals surface area contributed by atoms with Gasteiger partial charge in [-0.15, -0.1) is 0 Å². The standard InChI is InChI=1S/C17H12ClFIN5O3S/c1-23-7-21-13-12(18)14-16(22-15(13)23)25(29(27,28)9-3-4-9)17(26)24(14)11-5-2-8(20)6-10(11)19/h2,5-7,9H,3-4H2,1H3. The Hall–Kier alpha value is -1.99. The van der Waals surface area contributed by atoms with Crippen LogP contribution in [0.1, 0.15) is 12.8 Å². The van der Waals surface area contributed by atoms with Crippen molar-refractivity contribution in [1.82, 2.24) is 23.1 Å². The first-order valence-corrected chi connectivity index (χ1v) is 11.5. The lowest BCUT2D eigenvalue weighted by molar-refractivity contribution is 0.583. The summed E-state index contributed by atoms with van der Waals surface area (Å²) in [7, 11) is -2.33. The van der Waals surface area contributed by atoms with Crippen molar-refractivity contribution in [2.24, 2.45) is 7.05 Å².